The fourth-order valence-corrected chi connectivity index (χ4v) is 0.313. The minimum Gasteiger partial charge on any atom is -0.665 e. The maximum atomic E-state index is 8.24. The number of aliphatic hydroxyl groups excluding tert-OH is 1. The summed E-state index contributed by atoms with van der Waals surface area (Å²) in [6.45, 7) is 0.500. The van der Waals surface area contributed by atoms with Crippen molar-refractivity contribution in [2.75, 3.05) is 0 Å². The van der Waals surface area contributed by atoms with Crippen LogP contribution in [0.4, 0.5) is 0 Å². The Bertz CT molecular complexity index is 119. The van der Waals surface area contributed by atoms with Gasteiger partial charge in [-0.3, -0.25) is 4.98 Å². The molecule has 4 heteroatoms. The van der Waals surface area contributed by atoms with E-state index in [0.717, 1.165) is 0 Å². The number of pyridine rings is 1. The standard InChI is InChI=1S/C5H5N.CHO2.Zn/c1-2-4-6-5-3-1;2-1-3;/h1-5H;(H,2,3);/q;-1;. The van der Waals surface area contributed by atoms with Crippen LogP contribution >= 0.6 is 0 Å². The molecule has 0 spiro atoms. The number of aromatic nitrogens is 1. The predicted molar refractivity (Wildman–Crippen MR) is 32.6 cm³/mol. The van der Waals surface area contributed by atoms with Gasteiger partial charge in [0.05, 0.1) is 0 Å². The summed E-state index contributed by atoms with van der Waals surface area (Å²) in [7, 11) is 0. The van der Waals surface area contributed by atoms with E-state index in [4.69, 9.17) is 9.90 Å². The Balaban J connectivity index is 0. The minimum atomic E-state index is 0. The van der Waals surface area contributed by atoms with Crippen LogP contribution in [0.2, 0.25) is 0 Å². The third-order valence-electron chi connectivity index (χ3n) is 0.566. The molecule has 0 saturated heterocycles. The summed E-state index contributed by atoms with van der Waals surface area (Å²) in [5, 5.41) is 6.76. The molecule has 0 unspecified atom stereocenters. The molecule has 1 heterocycles. The van der Waals surface area contributed by atoms with Gasteiger partial charge in [-0.05, 0) is 12.1 Å². The maximum Gasteiger partial charge on any atom is 0.0267 e. The van der Waals surface area contributed by atoms with Crippen LogP contribution in [0.5, 0.6) is 0 Å². The average Bonchev–Trinajstić information content (AvgIpc) is 1.93. The van der Waals surface area contributed by atoms with E-state index < -0.39 is 0 Å². The molecule has 3 nitrogen and oxygen atoms in total. The molecule has 0 aromatic carbocycles. The zero-order chi connectivity index (χ0) is 6.95. The first kappa shape index (κ1) is 12.0. The number of rotatable bonds is 0. The van der Waals surface area contributed by atoms with E-state index in [1.54, 1.807) is 12.4 Å². The van der Waals surface area contributed by atoms with Crippen LogP contribution in [-0.4, -0.2) is 16.6 Å². The summed E-state index contributed by atoms with van der Waals surface area (Å²) < 4.78 is 0. The molecule has 1 aromatic heterocycles. The zero-order valence-corrected chi connectivity index (χ0v) is 8.36. The van der Waals surface area contributed by atoms with Crippen LogP contribution in [0.3, 0.4) is 0 Å². The molecule has 0 aliphatic carbocycles. The first-order valence-corrected chi connectivity index (χ1v) is 2.28. The minimum absolute atomic E-state index is 0. The topological polar surface area (TPSA) is 50.2 Å². The smallest absolute Gasteiger partial charge is 0.0267 e. The van der Waals surface area contributed by atoms with Crippen LogP contribution in [0.15, 0.2) is 30.6 Å². The van der Waals surface area contributed by atoms with Gasteiger partial charge >= 0.3 is 0 Å². The molecule has 0 amide bonds. The Morgan fingerprint density at radius 2 is 1.60 bits per heavy atom. The first-order valence-electron chi connectivity index (χ1n) is 2.28. The third kappa shape index (κ3) is 10.3. The number of nitrogens with zero attached hydrogens (tertiary/aromatic N) is 1. The summed E-state index contributed by atoms with van der Waals surface area (Å²) in [6, 6.07) is 5.72. The Morgan fingerprint density at radius 3 is 1.70 bits per heavy atom. The van der Waals surface area contributed by atoms with Crippen molar-refractivity contribution in [2.24, 2.45) is 0 Å². The molecule has 0 saturated carbocycles. The van der Waals surface area contributed by atoms with Gasteiger partial charge < -0.3 is 9.90 Å². The van der Waals surface area contributed by atoms with Crippen molar-refractivity contribution in [2.45, 2.75) is 0 Å². The van der Waals surface area contributed by atoms with E-state index in [2.05, 4.69) is 4.98 Å². The van der Waals surface area contributed by atoms with Crippen LogP contribution < -0.4 is 0 Å². The van der Waals surface area contributed by atoms with Crippen molar-refractivity contribution < 1.29 is 29.4 Å². The molecule has 1 aromatic rings. The van der Waals surface area contributed by atoms with Gasteiger partial charge in [0.1, 0.15) is 0 Å². The number of hydrogen-bond donors (Lipinski definition) is 1. The second-order valence-electron chi connectivity index (χ2n) is 1.12. The molecule has 1 rings (SSSR count). The first-order chi connectivity index (χ1) is 4.41. The maximum absolute atomic E-state index is 8.24. The van der Waals surface area contributed by atoms with E-state index in [9.17, 15) is 0 Å². The second-order valence-corrected chi connectivity index (χ2v) is 1.12. The Hall–Kier alpha value is -0.757. The molecule has 0 bridgehead atoms. The van der Waals surface area contributed by atoms with Crippen molar-refractivity contribution >= 4 is 6.47 Å². The third-order valence-corrected chi connectivity index (χ3v) is 0.566. The van der Waals surface area contributed by atoms with Crippen LogP contribution in [0, 0.1) is 0 Å². The molecular weight excluding hydrogens is 183 g/mol. The van der Waals surface area contributed by atoms with Gasteiger partial charge in [-0.25, -0.2) is 0 Å². The van der Waals surface area contributed by atoms with Crippen LogP contribution in [0.25, 0.3) is 0 Å². The molecule has 0 fully saturated rings. The van der Waals surface area contributed by atoms with Crippen molar-refractivity contribution in [3.05, 3.63) is 30.6 Å². The van der Waals surface area contributed by atoms with Crippen molar-refractivity contribution in [3.8, 4) is 0 Å². The molecule has 0 atom stereocenters. The van der Waals surface area contributed by atoms with E-state index >= 15 is 0 Å². The summed E-state index contributed by atoms with van der Waals surface area (Å²) in [5.74, 6) is 0. The molecular formula is C6H6NO2Zn-. The Morgan fingerprint density at radius 1 is 1.20 bits per heavy atom. The van der Waals surface area contributed by atoms with Crippen molar-refractivity contribution in [1.82, 2.24) is 4.98 Å². The van der Waals surface area contributed by atoms with Crippen LogP contribution in [0.1, 0.15) is 0 Å². The summed E-state index contributed by atoms with van der Waals surface area (Å²) in [5.41, 5.74) is 0. The largest absolute Gasteiger partial charge is 0.665 e. The predicted octanol–water partition coefficient (Wildman–Crippen LogP) is 0.691. The molecule has 1 N–H and O–H groups in total. The molecule has 0 radical (unpaired) electrons. The van der Waals surface area contributed by atoms with Gasteiger partial charge in [-0.2, -0.15) is 0 Å². The van der Waals surface area contributed by atoms with E-state index in [-0.39, 0.29) is 19.5 Å². The van der Waals surface area contributed by atoms with Gasteiger partial charge in [-0.1, -0.05) is 12.5 Å². The molecule has 0 aliphatic rings. The van der Waals surface area contributed by atoms with E-state index in [1.807, 2.05) is 18.2 Å². The number of hydrogen-bond acceptors (Lipinski definition) is 2. The summed E-state index contributed by atoms with van der Waals surface area (Å²) in [6.07, 6.45) is 3.50. The molecule has 0 aliphatic heterocycles. The van der Waals surface area contributed by atoms with Crippen molar-refractivity contribution in [1.29, 1.82) is 0 Å². The van der Waals surface area contributed by atoms with Gasteiger partial charge in [-0.15, -0.1) is 0 Å². The summed E-state index contributed by atoms with van der Waals surface area (Å²) >= 11 is 0. The monoisotopic (exact) mass is 188 g/mol. The zero-order valence-electron chi connectivity index (χ0n) is 5.40. The normalized spacial score (nSPS) is 6.00. The van der Waals surface area contributed by atoms with Gasteiger partial charge in [0.25, 0.3) is 0 Å². The fourth-order valence-electron chi connectivity index (χ4n) is 0.313. The second kappa shape index (κ2) is 11.1. The van der Waals surface area contributed by atoms with E-state index in [0.29, 0.717) is 6.47 Å². The SMILES string of the molecule is O=[C-]O.[Zn].c1ccncc1. The average molecular weight is 190 g/mol. The Labute approximate surface area is 71.9 Å². The van der Waals surface area contributed by atoms with Crippen LogP contribution in [-0.2, 0) is 24.3 Å². The van der Waals surface area contributed by atoms with Gasteiger partial charge in [0, 0.05) is 31.9 Å². The Kier molecular flexibility index (Phi) is 13.3. The van der Waals surface area contributed by atoms with Crippen molar-refractivity contribution in [3.63, 3.8) is 0 Å². The van der Waals surface area contributed by atoms with Gasteiger partial charge in [0.2, 0.25) is 0 Å². The quantitative estimate of drug-likeness (QED) is 0.483. The fraction of sp³-hybridized carbons (Fsp3) is 0. The van der Waals surface area contributed by atoms with Gasteiger partial charge in [0.15, 0.2) is 0 Å². The van der Waals surface area contributed by atoms with E-state index in [1.165, 1.54) is 0 Å². The molecule has 50 valence electrons. The summed E-state index contributed by atoms with van der Waals surface area (Å²) in [4.78, 5) is 12.0. The molecule has 10 heavy (non-hydrogen) atoms.